The number of H-pyrrole nitrogens is 1. The SMILES string of the molecule is CC(C)(C)c1c[nH]c(=S)n1-c1cc(Br)c(F)cc1F. The molecule has 0 aliphatic rings. The number of aromatic nitrogens is 2. The summed E-state index contributed by atoms with van der Waals surface area (Å²) in [6, 6.07) is 2.24. The zero-order chi connectivity index (χ0) is 14.4. The molecule has 0 aliphatic heterocycles. The van der Waals surface area contributed by atoms with Crippen LogP contribution in [0.5, 0.6) is 0 Å². The van der Waals surface area contributed by atoms with Crippen LogP contribution in [0.1, 0.15) is 26.5 Å². The van der Waals surface area contributed by atoms with E-state index in [1.807, 2.05) is 20.8 Å². The summed E-state index contributed by atoms with van der Waals surface area (Å²) >= 11 is 8.26. The summed E-state index contributed by atoms with van der Waals surface area (Å²) in [6.07, 6.45) is 1.75. The van der Waals surface area contributed by atoms with Crippen LogP contribution in [0.25, 0.3) is 5.69 Å². The van der Waals surface area contributed by atoms with Gasteiger partial charge in [0, 0.05) is 23.4 Å². The molecule has 1 aromatic heterocycles. The highest BCUT2D eigenvalue weighted by Crippen LogP contribution is 2.29. The second-order valence-corrected chi connectivity index (χ2v) is 6.52. The van der Waals surface area contributed by atoms with E-state index in [0.717, 1.165) is 11.8 Å². The molecule has 0 unspecified atom stereocenters. The normalized spacial score (nSPS) is 11.9. The molecule has 2 rings (SSSR count). The topological polar surface area (TPSA) is 20.7 Å². The lowest BCUT2D eigenvalue weighted by molar-refractivity contribution is 0.540. The van der Waals surface area contributed by atoms with Crippen LogP contribution in [0.15, 0.2) is 22.8 Å². The van der Waals surface area contributed by atoms with Gasteiger partial charge in [0.2, 0.25) is 0 Å². The summed E-state index contributed by atoms with van der Waals surface area (Å²) < 4.78 is 29.5. The number of nitrogens with zero attached hydrogens (tertiary/aromatic N) is 1. The van der Waals surface area contributed by atoms with E-state index >= 15 is 0 Å². The summed E-state index contributed by atoms with van der Waals surface area (Å²) in [5.74, 6) is -1.29. The van der Waals surface area contributed by atoms with Gasteiger partial charge in [-0.25, -0.2) is 8.78 Å². The van der Waals surface area contributed by atoms with Gasteiger partial charge >= 0.3 is 0 Å². The van der Waals surface area contributed by atoms with Crippen molar-refractivity contribution in [3.05, 3.63) is 44.9 Å². The molecule has 19 heavy (non-hydrogen) atoms. The summed E-state index contributed by atoms with van der Waals surface area (Å²) in [7, 11) is 0. The largest absolute Gasteiger partial charge is 0.337 e. The molecule has 2 aromatic rings. The zero-order valence-corrected chi connectivity index (χ0v) is 13.1. The van der Waals surface area contributed by atoms with E-state index in [-0.39, 0.29) is 15.6 Å². The van der Waals surface area contributed by atoms with Crippen LogP contribution in [0.2, 0.25) is 0 Å². The maximum absolute atomic E-state index is 14.0. The minimum Gasteiger partial charge on any atom is -0.337 e. The maximum Gasteiger partial charge on any atom is 0.182 e. The highest BCUT2D eigenvalue weighted by Gasteiger charge is 2.22. The Morgan fingerprint density at radius 3 is 2.42 bits per heavy atom. The lowest BCUT2D eigenvalue weighted by Gasteiger charge is -2.21. The number of imidazole rings is 1. The molecule has 102 valence electrons. The van der Waals surface area contributed by atoms with Crippen LogP contribution in [-0.2, 0) is 5.41 Å². The molecule has 6 heteroatoms. The molecule has 0 spiro atoms. The lowest BCUT2D eigenvalue weighted by atomic mass is 9.92. The first kappa shape index (κ1) is 14.4. The molecule has 1 N–H and O–H groups in total. The van der Waals surface area contributed by atoms with Crippen LogP contribution in [0.4, 0.5) is 8.78 Å². The maximum atomic E-state index is 14.0. The van der Waals surface area contributed by atoms with Crippen molar-refractivity contribution in [1.82, 2.24) is 9.55 Å². The molecule has 1 aromatic carbocycles. The molecule has 0 aliphatic carbocycles. The highest BCUT2D eigenvalue weighted by atomic mass is 79.9. The molecule has 0 radical (unpaired) electrons. The lowest BCUT2D eigenvalue weighted by Crippen LogP contribution is -2.17. The predicted molar refractivity (Wildman–Crippen MR) is 77.3 cm³/mol. The number of halogens is 3. The number of hydrogen-bond donors (Lipinski definition) is 1. The summed E-state index contributed by atoms with van der Waals surface area (Å²) in [5.41, 5.74) is 0.834. The Hall–Kier alpha value is -1.01. The van der Waals surface area contributed by atoms with Gasteiger partial charge in [-0.3, -0.25) is 4.57 Å². The standard InChI is InChI=1S/C13H13BrF2N2S/c1-13(2,3)11-6-17-12(19)18(11)10-4-7(14)8(15)5-9(10)16/h4-6H,1-3H3,(H,17,19). The van der Waals surface area contributed by atoms with Crippen molar-refractivity contribution in [2.24, 2.45) is 0 Å². The van der Waals surface area contributed by atoms with Crippen molar-refractivity contribution < 1.29 is 8.78 Å². The van der Waals surface area contributed by atoms with Crippen molar-refractivity contribution in [3.63, 3.8) is 0 Å². The Bertz CT molecular complexity index is 683. The second-order valence-electron chi connectivity index (χ2n) is 5.28. The molecule has 0 saturated carbocycles. The average molecular weight is 347 g/mol. The minimum atomic E-state index is -0.651. The van der Waals surface area contributed by atoms with E-state index in [9.17, 15) is 8.78 Å². The second kappa shape index (κ2) is 4.83. The smallest absolute Gasteiger partial charge is 0.182 e. The molecular formula is C13H13BrF2N2S. The van der Waals surface area contributed by atoms with Gasteiger partial charge in [0.25, 0.3) is 0 Å². The zero-order valence-electron chi connectivity index (χ0n) is 10.7. The molecular weight excluding hydrogens is 334 g/mol. The van der Waals surface area contributed by atoms with Crippen molar-refractivity contribution in [2.45, 2.75) is 26.2 Å². The fourth-order valence-electron chi connectivity index (χ4n) is 1.84. The van der Waals surface area contributed by atoms with Crippen LogP contribution in [0, 0.1) is 16.4 Å². The van der Waals surface area contributed by atoms with Crippen LogP contribution in [-0.4, -0.2) is 9.55 Å². The van der Waals surface area contributed by atoms with Crippen molar-refractivity contribution in [2.75, 3.05) is 0 Å². The van der Waals surface area contributed by atoms with Gasteiger partial charge in [-0.2, -0.15) is 0 Å². The molecule has 0 bridgehead atoms. The third-order valence-electron chi connectivity index (χ3n) is 2.78. The number of hydrogen-bond acceptors (Lipinski definition) is 1. The van der Waals surface area contributed by atoms with Crippen LogP contribution in [0.3, 0.4) is 0 Å². The van der Waals surface area contributed by atoms with Gasteiger partial charge in [0.1, 0.15) is 11.6 Å². The van der Waals surface area contributed by atoms with Crippen molar-refractivity contribution in [1.29, 1.82) is 0 Å². The first-order chi connectivity index (χ1) is 8.71. The van der Waals surface area contributed by atoms with E-state index in [0.29, 0.717) is 4.77 Å². The highest BCUT2D eigenvalue weighted by molar-refractivity contribution is 9.10. The number of rotatable bonds is 1. The van der Waals surface area contributed by atoms with Crippen molar-refractivity contribution >= 4 is 28.1 Å². The Morgan fingerprint density at radius 1 is 1.21 bits per heavy atom. The third kappa shape index (κ3) is 2.65. The fraction of sp³-hybridized carbons (Fsp3) is 0.308. The minimum absolute atomic E-state index is 0.201. The summed E-state index contributed by atoms with van der Waals surface area (Å²) in [6.45, 7) is 5.99. The van der Waals surface area contributed by atoms with Gasteiger partial charge in [-0.15, -0.1) is 0 Å². The molecule has 1 heterocycles. The van der Waals surface area contributed by atoms with E-state index < -0.39 is 11.6 Å². The Morgan fingerprint density at radius 2 is 1.84 bits per heavy atom. The van der Waals surface area contributed by atoms with Gasteiger partial charge in [0.15, 0.2) is 4.77 Å². The Labute approximate surface area is 123 Å². The Balaban J connectivity index is 2.76. The van der Waals surface area contributed by atoms with Gasteiger partial charge in [0.05, 0.1) is 10.2 Å². The monoisotopic (exact) mass is 346 g/mol. The van der Waals surface area contributed by atoms with E-state index in [1.54, 1.807) is 10.8 Å². The molecule has 0 fully saturated rings. The fourth-order valence-corrected chi connectivity index (χ4v) is 2.43. The number of nitrogens with one attached hydrogen (secondary N) is 1. The molecule has 2 nitrogen and oxygen atoms in total. The molecule has 0 amide bonds. The number of benzene rings is 1. The van der Waals surface area contributed by atoms with E-state index in [1.165, 1.54) is 6.07 Å². The van der Waals surface area contributed by atoms with Gasteiger partial charge in [-0.05, 0) is 34.2 Å². The Kier molecular flexibility index (Phi) is 3.66. The summed E-state index contributed by atoms with van der Waals surface area (Å²) in [4.78, 5) is 2.91. The first-order valence-corrected chi connectivity index (χ1v) is 6.88. The first-order valence-electron chi connectivity index (χ1n) is 5.67. The van der Waals surface area contributed by atoms with Gasteiger partial charge < -0.3 is 4.98 Å². The average Bonchev–Trinajstić information content (AvgIpc) is 2.65. The quantitative estimate of drug-likeness (QED) is 0.576. The molecule has 0 atom stereocenters. The van der Waals surface area contributed by atoms with Gasteiger partial charge in [-0.1, -0.05) is 20.8 Å². The molecule has 0 saturated heterocycles. The van der Waals surface area contributed by atoms with E-state index in [4.69, 9.17) is 12.2 Å². The van der Waals surface area contributed by atoms with Crippen molar-refractivity contribution in [3.8, 4) is 5.69 Å². The third-order valence-corrected chi connectivity index (χ3v) is 3.68. The predicted octanol–water partition coefficient (Wildman–Crippen LogP) is 4.87. The number of aromatic amines is 1. The van der Waals surface area contributed by atoms with Crippen LogP contribution >= 0.6 is 28.1 Å². The van der Waals surface area contributed by atoms with Crippen LogP contribution < -0.4 is 0 Å². The summed E-state index contributed by atoms with van der Waals surface area (Å²) in [5, 5.41) is 0. The van der Waals surface area contributed by atoms with E-state index in [2.05, 4.69) is 20.9 Å².